The zero-order valence-electron chi connectivity index (χ0n) is 10.4. The van der Waals surface area contributed by atoms with Crippen molar-refractivity contribution in [1.82, 2.24) is 19.9 Å². The zero-order valence-corrected chi connectivity index (χ0v) is 15.0. The van der Waals surface area contributed by atoms with Crippen molar-refractivity contribution >= 4 is 25.3 Å². The van der Waals surface area contributed by atoms with Crippen LogP contribution in [0, 0.1) is 13.8 Å². The second kappa shape index (κ2) is 8.09. The Bertz CT molecular complexity index is 552. The van der Waals surface area contributed by atoms with E-state index in [1.165, 1.54) is 12.1 Å². The summed E-state index contributed by atoms with van der Waals surface area (Å²) in [4.78, 5) is 33.4. The minimum atomic E-state index is -0.187. The van der Waals surface area contributed by atoms with Gasteiger partial charge in [-0.1, -0.05) is 0 Å². The second-order valence-corrected chi connectivity index (χ2v) is 4.16. The number of nitrogens with one attached hydrogen (secondary N) is 2. The first kappa shape index (κ1) is 17.8. The largest absolute Gasteiger partial charge is 2.00 e. The third-order valence-electron chi connectivity index (χ3n) is 1.70. The molecule has 0 spiro atoms. The number of hydrogen-bond donors (Lipinski definition) is 2. The normalized spacial score (nSPS) is 8.95. The zero-order chi connectivity index (χ0) is 13.7. The van der Waals surface area contributed by atoms with Crippen molar-refractivity contribution in [2.24, 2.45) is 0 Å². The van der Waals surface area contributed by atoms with Gasteiger partial charge in [0.15, 0.2) is 0 Å². The van der Waals surface area contributed by atoms with Gasteiger partial charge in [0.2, 0.25) is 11.1 Å². The molecular formula is C10H10N4O2S2Zn. The van der Waals surface area contributed by atoms with Crippen LogP contribution in [0.25, 0.3) is 0 Å². The Morgan fingerprint density at radius 3 is 1.42 bits per heavy atom. The molecule has 6 nitrogen and oxygen atoms in total. The van der Waals surface area contributed by atoms with Crippen LogP contribution in [0.15, 0.2) is 32.0 Å². The van der Waals surface area contributed by atoms with Crippen LogP contribution in [0.1, 0.15) is 11.4 Å². The summed E-state index contributed by atoms with van der Waals surface area (Å²) in [7, 11) is 0. The Hall–Kier alpha value is -1.18. The van der Waals surface area contributed by atoms with Crippen molar-refractivity contribution in [3.8, 4) is 0 Å². The maximum absolute atomic E-state index is 10.5. The molecule has 0 aromatic carbocycles. The molecule has 2 aromatic rings. The third-order valence-corrected chi connectivity index (χ3v) is 2.08. The van der Waals surface area contributed by atoms with Crippen molar-refractivity contribution in [2.75, 3.05) is 0 Å². The molecule has 0 bridgehead atoms. The molecule has 9 heteroatoms. The summed E-state index contributed by atoms with van der Waals surface area (Å²) in [6.45, 7) is 3.45. The van der Waals surface area contributed by atoms with Crippen LogP contribution in [-0.2, 0) is 44.7 Å². The molecule has 0 aliphatic rings. The van der Waals surface area contributed by atoms with E-state index in [-0.39, 0.29) is 40.9 Å². The van der Waals surface area contributed by atoms with E-state index in [0.29, 0.717) is 11.4 Å². The van der Waals surface area contributed by atoms with E-state index in [0.717, 1.165) is 0 Å². The Balaban J connectivity index is 0.000000324. The Kier molecular flexibility index (Phi) is 7.59. The number of aromatic nitrogens is 4. The molecule has 0 unspecified atom stereocenters. The van der Waals surface area contributed by atoms with Crippen molar-refractivity contribution < 1.29 is 19.5 Å². The van der Waals surface area contributed by atoms with E-state index in [1.54, 1.807) is 13.8 Å². The SMILES string of the molecule is Cc1cc(=O)[nH]c([S-])n1.Cc1cc(=O)[nH]c([S-])n1.[Zn+2]. The molecule has 0 aliphatic heterocycles. The summed E-state index contributed by atoms with van der Waals surface area (Å²) in [5.41, 5.74) is 0.938. The fraction of sp³-hybridized carbons (Fsp3) is 0.200. The standard InChI is InChI=1S/2C5H6N2OS.Zn/c2*1-3-2-4(8)7-5(9)6-3;/h2*2H,1H3,(H2,6,7,8,9);/q;;+2/p-2. The fourth-order valence-electron chi connectivity index (χ4n) is 1.10. The van der Waals surface area contributed by atoms with Gasteiger partial charge in [0, 0.05) is 23.5 Å². The first-order valence-corrected chi connectivity index (χ1v) is 5.68. The molecule has 2 N–H and O–H groups in total. The molecule has 2 aromatic heterocycles. The van der Waals surface area contributed by atoms with Gasteiger partial charge in [0.05, 0.1) is 0 Å². The predicted octanol–water partition coefficient (Wildman–Crippen LogP) is -0.0343. The van der Waals surface area contributed by atoms with Crippen LogP contribution in [0.3, 0.4) is 0 Å². The molecule has 0 saturated heterocycles. The van der Waals surface area contributed by atoms with Gasteiger partial charge in [0.1, 0.15) is 0 Å². The quantitative estimate of drug-likeness (QED) is 0.395. The van der Waals surface area contributed by atoms with Crippen LogP contribution in [0.2, 0.25) is 0 Å². The van der Waals surface area contributed by atoms with Crippen molar-refractivity contribution in [1.29, 1.82) is 0 Å². The van der Waals surface area contributed by atoms with Gasteiger partial charge < -0.3 is 35.2 Å². The van der Waals surface area contributed by atoms with Gasteiger partial charge in [-0.25, -0.2) is 0 Å². The monoisotopic (exact) mass is 346 g/mol. The second-order valence-electron chi connectivity index (χ2n) is 3.38. The van der Waals surface area contributed by atoms with E-state index in [1.807, 2.05) is 0 Å². The molecule has 19 heavy (non-hydrogen) atoms. The number of H-pyrrole nitrogens is 2. The van der Waals surface area contributed by atoms with E-state index in [9.17, 15) is 9.59 Å². The van der Waals surface area contributed by atoms with E-state index < -0.39 is 0 Å². The number of nitrogens with zero attached hydrogens (tertiary/aromatic N) is 2. The number of hydrogen-bond acceptors (Lipinski definition) is 6. The van der Waals surface area contributed by atoms with E-state index >= 15 is 0 Å². The molecule has 2 heterocycles. The number of aryl methyl sites for hydroxylation is 2. The van der Waals surface area contributed by atoms with Gasteiger partial charge in [-0.3, -0.25) is 19.6 Å². The molecule has 0 radical (unpaired) electrons. The maximum Gasteiger partial charge on any atom is 2.00 e. The average molecular weight is 348 g/mol. The minimum absolute atomic E-state index is 0. The molecule has 0 saturated carbocycles. The first-order chi connectivity index (χ1) is 8.36. The van der Waals surface area contributed by atoms with E-state index in [2.05, 4.69) is 45.2 Å². The van der Waals surface area contributed by atoms with E-state index in [4.69, 9.17) is 0 Å². The maximum atomic E-state index is 10.5. The third kappa shape index (κ3) is 7.10. The van der Waals surface area contributed by atoms with Gasteiger partial charge in [0.25, 0.3) is 0 Å². The van der Waals surface area contributed by atoms with Gasteiger partial charge in [-0.15, -0.1) is 0 Å². The Labute approximate surface area is 133 Å². The average Bonchev–Trinajstić information content (AvgIpc) is 2.12. The molecule has 0 amide bonds. The number of aromatic amines is 2. The fourth-order valence-corrected chi connectivity index (χ4v) is 1.59. The van der Waals surface area contributed by atoms with Crippen LogP contribution in [-0.4, -0.2) is 19.9 Å². The van der Waals surface area contributed by atoms with Crippen LogP contribution >= 0.6 is 0 Å². The van der Waals surface area contributed by atoms with Gasteiger partial charge >= 0.3 is 19.5 Å². The summed E-state index contributed by atoms with van der Waals surface area (Å²) in [6, 6.07) is 2.80. The smallest absolute Gasteiger partial charge is 0.742 e. The van der Waals surface area contributed by atoms with Crippen LogP contribution < -0.4 is 11.1 Å². The predicted molar refractivity (Wildman–Crippen MR) is 70.5 cm³/mol. The molecule has 96 valence electrons. The summed E-state index contributed by atoms with van der Waals surface area (Å²) in [5, 5.41) is 0.500. The molecule has 2 rings (SSSR count). The Morgan fingerprint density at radius 2 is 1.21 bits per heavy atom. The summed E-state index contributed by atoms with van der Waals surface area (Å²) >= 11 is 9.24. The Morgan fingerprint density at radius 1 is 0.895 bits per heavy atom. The van der Waals surface area contributed by atoms with Crippen LogP contribution in [0.4, 0.5) is 0 Å². The van der Waals surface area contributed by atoms with Gasteiger partial charge in [-0.05, 0) is 24.2 Å². The minimum Gasteiger partial charge on any atom is -0.742 e. The van der Waals surface area contributed by atoms with Gasteiger partial charge in [-0.2, -0.15) is 0 Å². The van der Waals surface area contributed by atoms with Crippen molar-refractivity contribution in [2.45, 2.75) is 24.2 Å². The first-order valence-electron chi connectivity index (χ1n) is 4.87. The molecule has 0 fully saturated rings. The number of rotatable bonds is 0. The van der Waals surface area contributed by atoms with Crippen molar-refractivity contribution in [3.63, 3.8) is 0 Å². The topological polar surface area (TPSA) is 91.5 Å². The molecule has 0 aliphatic carbocycles. The summed E-state index contributed by atoms with van der Waals surface area (Å²) < 4.78 is 0. The summed E-state index contributed by atoms with van der Waals surface area (Å²) in [6.07, 6.45) is 0. The van der Waals surface area contributed by atoms with Crippen molar-refractivity contribution in [3.05, 3.63) is 44.2 Å². The van der Waals surface area contributed by atoms with Crippen LogP contribution in [0.5, 0.6) is 0 Å². The molecule has 0 atom stereocenters. The summed E-state index contributed by atoms with van der Waals surface area (Å²) in [5.74, 6) is 0. The molecular weight excluding hydrogens is 338 g/mol.